The van der Waals surface area contributed by atoms with Crippen molar-refractivity contribution in [3.63, 3.8) is 0 Å². The van der Waals surface area contributed by atoms with Crippen molar-refractivity contribution in [1.29, 1.82) is 0 Å². The molecule has 86 valence electrons. The van der Waals surface area contributed by atoms with Crippen LogP contribution in [0.5, 0.6) is 0 Å². The predicted molar refractivity (Wildman–Crippen MR) is 50.8 cm³/mol. The van der Waals surface area contributed by atoms with Crippen molar-refractivity contribution in [2.45, 2.75) is 38.0 Å². The summed E-state index contributed by atoms with van der Waals surface area (Å²) >= 11 is 0. The SMILES string of the molecule is O=CC1(CC2CCCC2(F)F)CCOC1. The minimum Gasteiger partial charge on any atom is -0.380 e. The second-order valence-electron chi connectivity index (χ2n) is 4.84. The van der Waals surface area contributed by atoms with Crippen LogP contribution in [-0.4, -0.2) is 25.4 Å². The first-order chi connectivity index (χ1) is 7.08. The van der Waals surface area contributed by atoms with Crippen molar-refractivity contribution in [3.05, 3.63) is 0 Å². The summed E-state index contributed by atoms with van der Waals surface area (Å²) in [6, 6.07) is 0. The number of hydrogen-bond donors (Lipinski definition) is 0. The summed E-state index contributed by atoms with van der Waals surface area (Å²) in [5, 5.41) is 0. The average molecular weight is 218 g/mol. The molecule has 0 aromatic carbocycles. The number of rotatable bonds is 3. The molecule has 0 aromatic heterocycles. The van der Waals surface area contributed by atoms with Gasteiger partial charge < -0.3 is 9.53 Å². The molecule has 2 unspecified atom stereocenters. The van der Waals surface area contributed by atoms with E-state index in [0.717, 1.165) is 6.29 Å². The third kappa shape index (κ3) is 2.05. The van der Waals surface area contributed by atoms with E-state index in [1.165, 1.54) is 0 Å². The van der Waals surface area contributed by atoms with Crippen LogP contribution >= 0.6 is 0 Å². The first-order valence-corrected chi connectivity index (χ1v) is 5.50. The maximum Gasteiger partial charge on any atom is 0.250 e. The maximum atomic E-state index is 13.4. The van der Waals surface area contributed by atoms with Crippen molar-refractivity contribution in [3.8, 4) is 0 Å². The highest BCUT2D eigenvalue weighted by Gasteiger charge is 2.48. The van der Waals surface area contributed by atoms with Crippen LogP contribution in [0.1, 0.15) is 32.1 Å². The van der Waals surface area contributed by atoms with E-state index >= 15 is 0 Å². The third-order valence-electron chi connectivity index (χ3n) is 3.70. The minimum atomic E-state index is -2.57. The van der Waals surface area contributed by atoms with E-state index < -0.39 is 17.3 Å². The molecule has 0 spiro atoms. The molecule has 15 heavy (non-hydrogen) atoms. The quantitative estimate of drug-likeness (QED) is 0.680. The Morgan fingerprint density at radius 1 is 1.40 bits per heavy atom. The van der Waals surface area contributed by atoms with Crippen molar-refractivity contribution in [2.24, 2.45) is 11.3 Å². The number of alkyl halides is 2. The molecule has 0 radical (unpaired) electrons. The molecule has 2 nitrogen and oxygen atoms in total. The molecule has 0 amide bonds. The summed E-state index contributed by atoms with van der Waals surface area (Å²) in [4.78, 5) is 11.0. The van der Waals surface area contributed by atoms with Gasteiger partial charge in [-0.15, -0.1) is 0 Å². The van der Waals surface area contributed by atoms with Crippen LogP contribution in [0.2, 0.25) is 0 Å². The molecular weight excluding hydrogens is 202 g/mol. The van der Waals surface area contributed by atoms with E-state index in [1.807, 2.05) is 0 Å². The zero-order valence-electron chi connectivity index (χ0n) is 8.68. The Morgan fingerprint density at radius 3 is 2.67 bits per heavy atom. The zero-order chi connectivity index (χ0) is 10.9. The largest absolute Gasteiger partial charge is 0.380 e. The van der Waals surface area contributed by atoms with Crippen LogP contribution in [0.4, 0.5) is 8.78 Å². The topological polar surface area (TPSA) is 26.3 Å². The molecular formula is C11H16F2O2. The van der Waals surface area contributed by atoms with Crippen LogP contribution in [0.15, 0.2) is 0 Å². The van der Waals surface area contributed by atoms with Crippen molar-refractivity contribution in [1.82, 2.24) is 0 Å². The Bertz CT molecular complexity index is 247. The summed E-state index contributed by atoms with van der Waals surface area (Å²) in [7, 11) is 0. The van der Waals surface area contributed by atoms with Gasteiger partial charge in [0.25, 0.3) is 5.92 Å². The lowest BCUT2D eigenvalue weighted by Gasteiger charge is -2.27. The maximum absolute atomic E-state index is 13.4. The number of ether oxygens (including phenoxy) is 1. The summed E-state index contributed by atoms with van der Waals surface area (Å²) in [5.74, 6) is -3.19. The average Bonchev–Trinajstić information content (AvgIpc) is 2.76. The van der Waals surface area contributed by atoms with Crippen molar-refractivity contribution in [2.75, 3.05) is 13.2 Å². The van der Waals surface area contributed by atoms with E-state index in [0.29, 0.717) is 38.9 Å². The normalized spacial score (nSPS) is 39.5. The highest BCUT2D eigenvalue weighted by Crippen LogP contribution is 2.47. The third-order valence-corrected chi connectivity index (χ3v) is 3.70. The number of halogens is 2. The lowest BCUT2D eigenvalue weighted by Crippen LogP contribution is -2.32. The summed E-state index contributed by atoms with van der Waals surface area (Å²) in [6.07, 6.45) is 2.82. The van der Waals surface area contributed by atoms with Gasteiger partial charge in [0.15, 0.2) is 0 Å². The predicted octanol–water partition coefficient (Wildman–Crippen LogP) is 2.42. The Labute approximate surface area is 88.0 Å². The molecule has 1 aliphatic heterocycles. The van der Waals surface area contributed by atoms with Crippen molar-refractivity contribution < 1.29 is 18.3 Å². The van der Waals surface area contributed by atoms with Gasteiger partial charge in [0.1, 0.15) is 6.29 Å². The molecule has 2 rings (SSSR count). The van der Waals surface area contributed by atoms with Gasteiger partial charge in [0.05, 0.1) is 12.0 Å². The fourth-order valence-corrected chi connectivity index (χ4v) is 2.67. The molecule has 1 saturated carbocycles. The number of carbonyl (C=O) groups excluding carboxylic acids is 1. The van der Waals surface area contributed by atoms with Gasteiger partial charge in [-0.25, -0.2) is 8.78 Å². The molecule has 1 saturated heterocycles. The second-order valence-corrected chi connectivity index (χ2v) is 4.84. The van der Waals surface area contributed by atoms with E-state index in [2.05, 4.69) is 0 Å². The molecule has 0 aromatic rings. The van der Waals surface area contributed by atoms with Crippen LogP contribution in [0, 0.1) is 11.3 Å². The monoisotopic (exact) mass is 218 g/mol. The second kappa shape index (κ2) is 3.81. The first kappa shape index (κ1) is 11.0. The molecule has 1 heterocycles. The smallest absolute Gasteiger partial charge is 0.250 e. The molecule has 2 atom stereocenters. The summed E-state index contributed by atoms with van der Waals surface area (Å²) in [6.45, 7) is 0.847. The standard InChI is InChI=1S/C11H16F2O2/c12-11(13)3-1-2-9(11)6-10(7-14)4-5-15-8-10/h7,9H,1-6,8H2. The Balaban J connectivity index is 2.03. The van der Waals surface area contributed by atoms with E-state index in [1.54, 1.807) is 0 Å². The summed E-state index contributed by atoms with van der Waals surface area (Å²) < 4.78 is 32.0. The fraction of sp³-hybridized carbons (Fsp3) is 0.909. The summed E-state index contributed by atoms with van der Waals surface area (Å²) in [5.41, 5.74) is -0.627. The number of carbonyl (C=O) groups is 1. The molecule has 0 N–H and O–H groups in total. The molecule has 4 heteroatoms. The highest BCUT2D eigenvalue weighted by atomic mass is 19.3. The van der Waals surface area contributed by atoms with Gasteiger partial charge in [0, 0.05) is 18.9 Å². The van der Waals surface area contributed by atoms with Gasteiger partial charge in [-0.2, -0.15) is 0 Å². The lowest BCUT2D eigenvalue weighted by molar-refractivity contribution is -0.119. The molecule has 2 aliphatic rings. The molecule has 0 bridgehead atoms. The van der Waals surface area contributed by atoms with Crippen LogP contribution < -0.4 is 0 Å². The minimum absolute atomic E-state index is 0.0204. The van der Waals surface area contributed by atoms with Gasteiger partial charge in [-0.3, -0.25) is 0 Å². The van der Waals surface area contributed by atoms with Gasteiger partial charge >= 0.3 is 0 Å². The number of aldehydes is 1. The fourth-order valence-electron chi connectivity index (χ4n) is 2.67. The Kier molecular flexibility index (Phi) is 2.79. The number of hydrogen-bond acceptors (Lipinski definition) is 2. The van der Waals surface area contributed by atoms with Gasteiger partial charge in [0.2, 0.25) is 0 Å². The van der Waals surface area contributed by atoms with Gasteiger partial charge in [-0.05, 0) is 25.7 Å². The zero-order valence-corrected chi connectivity index (χ0v) is 8.68. The Morgan fingerprint density at radius 2 is 2.20 bits per heavy atom. The van der Waals surface area contributed by atoms with E-state index in [-0.39, 0.29) is 6.42 Å². The van der Waals surface area contributed by atoms with E-state index in [4.69, 9.17) is 4.74 Å². The molecule has 1 aliphatic carbocycles. The van der Waals surface area contributed by atoms with E-state index in [9.17, 15) is 13.6 Å². The van der Waals surface area contributed by atoms with Crippen LogP contribution in [0.3, 0.4) is 0 Å². The molecule has 2 fully saturated rings. The van der Waals surface area contributed by atoms with Crippen molar-refractivity contribution >= 4 is 6.29 Å². The van der Waals surface area contributed by atoms with Crippen LogP contribution in [0.25, 0.3) is 0 Å². The Hall–Kier alpha value is -0.510. The van der Waals surface area contributed by atoms with Gasteiger partial charge in [-0.1, -0.05) is 0 Å². The highest BCUT2D eigenvalue weighted by molar-refractivity contribution is 5.60. The van der Waals surface area contributed by atoms with Crippen LogP contribution in [-0.2, 0) is 9.53 Å². The lowest BCUT2D eigenvalue weighted by atomic mass is 9.78. The first-order valence-electron chi connectivity index (χ1n) is 5.50.